The summed E-state index contributed by atoms with van der Waals surface area (Å²) in [6.45, 7) is 3.35. The van der Waals surface area contributed by atoms with Crippen LogP contribution in [0.1, 0.15) is 36.5 Å². The van der Waals surface area contributed by atoms with E-state index in [1.54, 1.807) is 17.2 Å². The van der Waals surface area contributed by atoms with E-state index < -0.39 is 5.97 Å². The molecule has 2 aromatic heterocycles. The quantitative estimate of drug-likeness (QED) is 0.784. The van der Waals surface area contributed by atoms with Gasteiger partial charge < -0.3 is 9.64 Å². The van der Waals surface area contributed by atoms with Crippen LogP contribution in [0, 0.1) is 0 Å². The number of hydrogen-bond acceptors (Lipinski definition) is 6. The van der Waals surface area contributed by atoms with Gasteiger partial charge in [-0.1, -0.05) is 0 Å². The van der Waals surface area contributed by atoms with Crippen LogP contribution >= 0.6 is 11.3 Å². The lowest BCUT2D eigenvalue weighted by Crippen LogP contribution is -2.39. The van der Waals surface area contributed by atoms with Crippen molar-refractivity contribution in [2.75, 3.05) is 19.7 Å². The summed E-state index contributed by atoms with van der Waals surface area (Å²) >= 11 is 1.22. The van der Waals surface area contributed by atoms with Crippen molar-refractivity contribution in [1.82, 2.24) is 14.5 Å². The first-order valence-electron chi connectivity index (χ1n) is 8.03. The Kier molecular flexibility index (Phi) is 4.94. The van der Waals surface area contributed by atoms with Crippen molar-refractivity contribution >= 4 is 33.4 Å². The van der Waals surface area contributed by atoms with Gasteiger partial charge in [-0.05, 0) is 26.2 Å². The van der Waals surface area contributed by atoms with E-state index in [0.29, 0.717) is 4.83 Å². The highest BCUT2D eigenvalue weighted by atomic mass is 32.1. The molecule has 7 nitrogen and oxygen atoms in total. The summed E-state index contributed by atoms with van der Waals surface area (Å²) in [6.07, 6.45) is 4.50. The molecule has 0 bridgehead atoms. The van der Waals surface area contributed by atoms with Crippen LogP contribution < -0.4 is 5.56 Å². The largest absolute Gasteiger partial charge is 0.462 e. The number of fused-ring (bicyclic) bond motifs is 1. The average molecular weight is 349 g/mol. The molecule has 0 aromatic carbocycles. The fourth-order valence-electron chi connectivity index (χ4n) is 2.83. The molecule has 0 radical (unpaired) electrons. The lowest BCUT2D eigenvalue weighted by atomic mass is 10.1. The number of aromatic nitrogens is 2. The zero-order valence-corrected chi connectivity index (χ0v) is 14.3. The third-order valence-electron chi connectivity index (χ3n) is 4.07. The molecule has 1 amide bonds. The Morgan fingerprint density at radius 1 is 1.29 bits per heavy atom. The number of hydrogen-bond donors (Lipinski definition) is 0. The van der Waals surface area contributed by atoms with Crippen molar-refractivity contribution in [3.8, 4) is 0 Å². The van der Waals surface area contributed by atoms with Gasteiger partial charge in [0.05, 0.1) is 23.9 Å². The van der Waals surface area contributed by atoms with Crippen molar-refractivity contribution in [1.29, 1.82) is 0 Å². The Morgan fingerprint density at radius 3 is 2.75 bits per heavy atom. The number of ether oxygens (including phenoxy) is 1. The minimum absolute atomic E-state index is 0.0557. The van der Waals surface area contributed by atoms with Crippen LogP contribution in [0.5, 0.6) is 0 Å². The lowest BCUT2D eigenvalue weighted by Gasteiger charge is -2.26. The van der Waals surface area contributed by atoms with Gasteiger partial charge in [-0.15, -0.1) is 11.3 Å². The Labute approximate surface area is 142 Å². The zero-order chi connectivity index (χ0) is 17.1. The summed E-state index contributed by atoms with van der Waals surface area (Å²) in [6, 6.07) is 0. The van der Waals surface area contributed by atoms with Gasteiger partial charge in [-0.3, -0.25) is 14.2 Å². The molecule has 0 aliphatic carbocycles. The topological polar surface area (TPSA) is 81.5 Å². The van der Waals surface area contributed by atoms with Crippen LogP contribution in [0.2, 0.25) is 0 Å². The minimum atomic E-state index is -0.539. The van der Waals surface area contributed by atoms with Crippen LogP contribution in [0.4, 0.5) is 0 Å². The van der Waals surface area contributed by atoms with Crippen LogP contribution in [0.15, 0.2) is 16.5 Å². The average Bonchev–Trinajstić information content (AvgIpc) is 3.03. The third kappa shape index (κ3) is 3.19. The molecule has 1 saturated heterocycles. The number of likely N-dealkylation sites (tertiary alicyclic amines) is 1. The van der Waals surface area contributed by atoms with Gasteiger partial charge in [0.2, 0.25) is 5.91 Å². The second kappa shape index (κ2) is 7.12. The van der Waals surface area contributed by atoms with Crippen molar-refractivity contribution < 1.29 is 14.3 Å². The number of piperidine rings is 1. The maximum atomic E-state index is 12.7. The van der Waals surface area contributed by atoms with E-state index in [1.165, 1.54) is 22.2 Å². The SMILES string of the molecule is CCOC(=O)c1csc2ncn(CC(=O)N3CCCCC3)c(=O)c12. The third-order valence-corrected chi connectivity index (χ3v) is 4.96. The summed E-state index contributed by atoms with van der Waals surface area (Å²) in [5.74, 6) is -0.631. The van der Waals surface area contributed by atoms with E-state index in [2.05, 4.69) is 4.98 Å². The normalized spacial score (nSPS) is 14.8. The van der Waals surface area contributed by atoms with Crippen LogP contribution in [0.25, 0.3) is 10.2 Å². The molecule has 0 atom stereocenters. The predicted molar refractivity (Wildman–Crippen MR) is 90.3 cm³/mol. The van der Waals surface area contributed by atoms with Gasteiger partial charge in [0.25, 0.3) is 5.56 Å². The molecule has 8 heteroatoms. The summed E-state index contributed by atoms with van der Waals surface area (Å²) in [7, 11) is 0. The maximum absolute atomic E-state index is 12.7. The first-order valence-corrected chi connectivity index (χ1v) is 8.91. The molecule has 1 aliphatic heterocycles. The minimum Gasteiger partial charge on any atom is -0.462 e. The zero-order valence-electron chi connectivity index (χ0n) is 13.5. The number of rotatable bonds is 4. The number of esters is 1. The van der Waals surface area contributed by atoms with E-state index in [0.717, 1.165) is 32.4 Å². The Hall–Kier alpha value is -2.22. The van der Waals surface area contributed by atoms with E-state index in [4.69, 9.17) is 4.74 Å². The monoisotopic (exact) mass is 349 g/mol. The highest BCUT2D eigenvalue weighted by Gasteiger charge is 2.21. The number of nitrogens with zero attached hydrogens (tertiary/aromatic N) is 3. The van der Waals surface area contributed by atoms with Crippen LogP contribution in [-0.4, -0.2) is 46.0 Å². The predicted octanol–water partition coefficient (Wildman–Crippen LogP) is 1.65. The fraction of sp³-hybridized carbons (Fsp3) is 0.500. The number of carbonyl (C=O) groups is 2. The maximum Gasteiger partial charge on any atom is 0.339 e. The summed E-state index contributed by atoms with van der Waals surface area (Å²) < 4.78 is 6.25. The van der Waals surface area contributed by atoms with E-state index in [-0.39, 0.29) is 35.6 Å². The second-order valence-electron chi connectivity index (χ2n) is 5.67. The van der Waals surface area contributed by atoms with Gasteiger partial charge in [0.1, 0.15) is 11.4 Å². The smallest absolute Gasteiger partial charge is 0.339 e. The molecule has 3 rings (SSSR count). The molecule has 2 aromatic rings. The Balaban J connectivity index is 1.90. The number of thiophene rings is 1. The van der Waals surface area contributed by atoms with Crippen molar-refractivity contribution in [2.24, 2.45) is 0 Å². The fourth-order valence-corrected chi connectivity index (χ4v) is 3.69. The van der Waals surface area contributed by atoms with Crippen LogP contribution in [0.3, 0.4) is 0 Å². The molecule has 0 unspecified atom stereocenters. The summed E-state index contributed by atoms with van der Waals surface area (Å²) in [5, 5.41) is 1.81. The molecule has 24 heavy (non-hydrogen) atoms. The number of amides is 1. The molecular weight excluding hydrogens is 330 g/mol. The summed E-state index contributed by atoms with van der Waals surface area (Å²) in [4.78, 5) is 43.5. The van der Waals surface area contributed by atoms with E-state index in [9.17, 15) is 14.4 Å². The van der Waals surface area contributed by atoms with Gasteiger partial charge in [-0.2, -0.15) is 0 Å². The highest BCUT2D eigenvalue weighted by Crippen LogP contribution is 2.21. The van der Waals surface area contributed by atoms with Crippen molar-refractivity contribution in [2.45, 2.75) is 32.7 Å². The molecule has 1 fully saturated rings. The lowest BCUT2D eigenvalue weighted by molar-refractivity contribution is -0.132. The first kappa shape index (κ1) is 16.6. The van der Waals surface area contributed by atoms with Gasteiger partial charge in [0, 0.05) is 18.5 Å². The molecule has 3 heterocycles. The standard InChI is InChI=1S/C16H19N3O4S/c1-2-23-16(22)11-9-24-14-13(11)15(21)19(10-17-14)8-12(20)18-6-4-3-5-7-18/h9-10H,2-8H2,1H3. The van der Waals surface area contributed by atoms with E-state index in [1.807, 2.05) is 0 Å². The van der Waals surface area contributed by atoms with Crippen molar-refractivity contribution in [3.63, 3.8) is 0 Å². The number of carbonyl (C=O) groups excluding carboxylic acids is 2. The molecular formula is C16H19N3O4S. The van der Waals surface area contributed by atoms with Crippen LogP contribution in [-0.2, 0) is 16.1 Å². The van der Waals surface area contributed by atoms with Gasteiger partial charge >= 0.3 is 5.97 Å². The molecule has 0 N–H and O–H groups in total. The Bertz CT molecular complexity index is 820. The summed E-state index contributed by atoms with van der Waals surface area (Å²) in [5.41, 5.74) is -0.163. The Morgan fingerprint density at radius 2 is 2.04 bits per heavy atom. The molecule has 1 aliphatic rings. The second-order valence-corrected chi connectivity index (χ2v) is 6.53. The molecule has 0 saturated carbocycles. The van der Waals surface area contributed by atoms with Crippen molar-refractivity contribution in [3.05, 3.63) is 27.6 Å². The van der Waals surface area contributed by atoms with Gasteiger partial charge in [0.15, 0.2) is 0 Å². The van der Waals surface area contributed by atoms with E-state index >= 15 is 0 Å². The highest BCUT2D eigenvalue weighted by molar-refractivity contribution is 7.17. The van der Waals surface area contributed by atoms with Gasteiger partial charge in [-0.25, -0.2) is 9.78 Å². The molecule has 128 valence electrons. The molecule has 0 spiro atoms. The first-order chi connectivity index (χ1) is 11.6.